The lowest BCUT2D eigenvalue weighted by Crippen LogP contribution is -2.06. The van der Waals surface area contributed by atoms with Crippen molar-refractivity contribution >= 4 is 16.8 Å². The van der Waals surface area contributed by atoms with Gasteiger partial charge < -0.3 is 10.7 Å². The Labute approximate surface area is 80.9 Å². The van der Waals surface area contributed by atoms with E-state index in [1.807, 2.05) is 30.5 Å². The molecule has 0 fully saturated rings. The lowest BCUT2D eigenvalue weighted by Gasteiger charge is -1.92. The summed E-state index contributed by atoms with van der Waals surface area (Å²) in [6.45, 7) is 0. The minimum atomic E-state index is -0.617. The zero-order valence-electron chi connectivity index (χ0n) is 7.37. The highest BCUT2D eigenvalue weighted by atomic mass is 16.1. The molecule has 1 heterocycles. The van der Waals surface area contributed by atoms with E-state index < -0.39 is 5.91 Å². The number of fused-ring (bicyclic) bond motifs is 1. The molecule has 3 N–H and O–H groups in total. The van der Waals surface area contributed by atoms with Gasteiger partial charge in [0.2, 0.25) is 0 Å². The Bertz CT molecular complexity index is 543. The summed E-state index contributed by atoms with van der Waals surface area (Å²) in [5.74, 6) is 4.41. The highest BCUT2D eigenvalue weighted by Gasteiger charge is 1.97. The SMILES string of the molecule is NC(=O)C#Cc1cccc2cc[nH]c12. The van der Waals surface area contributed by atoms with Crippen molar-refractivity contribution in [2.24, 2.45) is 5.73 Å². The number of primary amides is 1. The smallest absolute Gasteiger partial charge is 0.293 e. The maximum absolute atomic E-state index is 10.5. The number of rotatable bonds is 0. The number of hydrogen-bond donors (Lipinski definition) is 2. The summed E-state index contributed by atoms with van der Waals surface area (Å²) in [7, 11) is 0. The monoisotopic (exact) mass is 184 g/mol. The quantitative estimate of drug-likeness (QED) is 0.590. The van der Waals surface area contributed by atoms with Crippen LogP contribution in [0.15, 0.2) is 30.5 Å². The highest BCUT2D eigenvalue weighted by Crippen LogP contribution is 2.15. The van der Waals surface area contributed by atoms with E-state index in [0.717, 1.165) is 16.5 Å². The van der Waals surface area contributed by atoms with Crippen LogP contribution in [0.5, 0.6) is 0 Å². The molecule has 3 nitrogen and oxygen atoms in total. The summed E-state index contributed by atoms with van der Waals surface area (Å²) in [5.41, 5.74) is 6.65. The molecule has 3 heteroatoms. The van der Waals surface area contributed by atoms with Gasteiger partial charge in [0.15, 0.2) is 0 Å². The van der Waals surface area contributed by atoms with Gasteiger partial charge in [-0.1, -0.05) is 18.1 Å². The number of hydrogen-bond acceptors (Lipinski definition) is 1. The van der Waals surface area contributed by atoms with Gasteiger partial charge in [-0.25, -0.2) is 0 Å². The summed E-state index contributed by atoms with van der Waals surface area (Å²) < 4.78 is 0. The van der Waals surface area contributed by atoms with Crippen molar-refractivity contribution in [2.75, 3.05) is 0 Å². The molecule has 2 aromatic rings. The van der Waals surface area contributed by atoms with Crippen molar-refractivity contribution in [1.82, 2.24) is 4.98 Å². The van der Waals surface area contributed by atoms with E-state index in [2.05, 4.69) is 16.8 Å². The van der Waals surface area contributed by atoms with E-state index in [4.69, 9.17) is 5.73 Å². The van der Waals surface area contributed by atoms with Crippen LogP contribution < -0.4 is 5.73 Å². The number of carbonyl (C=O) groups excluding carboxylic acids is 1. The number of aromatic nitrogens is 1. The van der Waals surface area contributed by atoms with Crippen LogP contribution in [-0.4, -0.2) is 10.9 Å². The molecule has 1 amide bonds. The van der Waals surface area contributed by atoms with Crippen LogP contribution in [0.4, 0.5) is 0 Å². The molecule has 0 saturated heterocycles. The third-order valence-electron chi connectivity index (χ3n) is 1.91. The molecule has 68 valence electrons. The van der Waals surface area contributed by atoms with E-state index in [1.165, 1.54) is 0 Å². The number of H-pyrrole nitrogens is 1. The molecule has 1 aromatic carbocycles. The lowest BCUT2D eigenvalue weighted by atomic mass is 10.1. The summed E-state index contributed by atoms with van der Waals surface area (Å²) in [4.78, 5) is 13.5. The van der Waals surface area contributed by atoms with Gasteiger partial charge in [0, 0.05) is 23.1 Å². The van der Waals surface area contributed by atoms with E-state index in [9.17, 15) is 4.79 Å². The Balaban J connectivity index is 2.58. The second-order valence-electron chi connectivity index (χ2n) is 2.86. The average molecular weight is 184 g/mol. The molecule has 0 aliphatic heterocycles. The Kier molecular flexibility index (Phi) is 1.96. The third-order valence-corrected chi connectivity index (χ3v) is 1.91. The van der Waals surface area contributed by atoms with Crippen molar-refractivity contribution in [2.45, 2.75) is 0 Å². The number of carbonyl (C=O) groups is 1. The molecule has 14 heavy (non-hydrogen) atoms. The number of nitrogens with two attached hydrogens (primary N) is 1. The normalized spacial score (nSPS) is 9.43. The summed E-state index contributed by atoms with van der Waals surface area (Å²) in [5, 5.41) is 1.07. The van der Waals surface area contributed by atoms with Gasteiger partial charge in [-0.05, 0) is 12.1 Å². The predicted molar refractivity (Wildman–Crippen MR) is 54.4 cm³/mol. The maximum Gasteiger partial charge on any atom is 0.293 e. The van der Waals surface area contributed by atoms with Crippen molar-refractivity contribution in [3.63, 3.8) is 0 Å². The summed E-state index contributed by atoms with van der Waals surface area (Å²) in [6.07, 6.45) is 1.83. The van der Waals surface area contributed by atoms with Crippen LogP contribution in [0.1, 0.15) is 5.56 Å². The van der Waals surface area contributed by atoms with E-state index in [-0.39, 0.29) is 0 Å². The number of nitrogens with one attached hydrogen (secondary N) is 1. The minimum absolute atomic E-state index is 0.617. The van der Waals surface area contributed by atoms with Crippen LogP contribution >= 0.6 is 0 Å². The Hall–Kier alpha value is -2.21. The zero-order chi connectivity index (χ0) is 9.97. The van der Waals surface area contributed by atoms with Gasteiger partial charge in [0.1, 0.15) is 0 Å². The second-order valence-corrected chi connectivity index (χ2v) is 2.86. The van der Waals surface area contributed by atoms with Crippen molar-refractivity contribution < 1.29 is 4.79 Å². The molecule has 0 bridgehead atoms. The van der Waals surface area contributed by atoms with Crippen LogP contribution in [0.2, 0.25) is 0 Å². The first-order valence-electron chi connectivity index (χ1n) is 4.15. The molecular weight excluding hydrogens is 176 g/mol. The van der Waals surface area contributed by atoms with Crippen molar-refractivity contribution in [3.8, 4) is 11.8 Å². The number of aromatic amines is 1. The Morgan fingerprint density at radius 2 is 2.21 bits per heavy atom. The molecule has 2 rings (SSSR count). The van der Waals surface area contributed by atoms with Crippen LogP contribution in [-0.2, 0) is 4.79 Å². The lowest BCUT2D eigenvalue weighted by molar-refractivity contribution is -0.112. The maximum atomic E-state index is 10.5. The number of benzene rings is 1. The second kappa shape index (κ2) is 3.27. The average Bonchev–Trinajstić information content (AvgIpc) is 2.62. The van der Waals surface area contributed by atoms with E-state index >= 15 is 0 Å². The van der Waals surface area contributed by atoms with Crippen molar-refractivity contribution in [1.29, 1.82) is 0 Å². The van der Waals surface area contributed by atoms with E-state index in [0.29, 0.717) is 0 Å². The van der Waals surface area contributed by atoms with Crippen LogP contribution in [0.25, 0.3) is 10.9 Å². The summed E-state index contributed by atoms with van der Waals surface area (Å²) in [6, 6.07) is 7.65. The number of amides is 1. The fourth-order valence-corrected chi connectivity index (χ4v) is 1.32. The molecule has 0 atom stereocenters. The van der Waals surface area contributed by atoms with Crippen LogP contribution in [0.3, 0.4) is 0 Å². The first-order chi connectivity index (χ1) is 6.77. The topological polar surface area (TPSA) is 58.9 Å². The highest BCUT2D eigenvalue weighted by molar-refractivity contribution is 5.94. The molecule has 0 spiro atoms. The van der Waals surface area contributed by atoms with Gasteiger partial charge in [-0.2, -0.15) is 0 Å². The molecule has 0 aliphatic rings. The molecular formula is C11H8N2O. The van der Waals surface area contributed by atoms with Crippen molar-refractivity contribution in [3.05, 3.63) is 36.0 Å². The zero-order valence-corrected chi connectivity index (χ0v) is 7.37. The largest absolute Gasteiger partial charge is 0.360 e. The standard InChI is InChI=1S/C11H8N2O/c12-10(14)5-4-8-2-1-3-9-6-7-13-11(8)9/h1-3,6-7,13H,(H2,12,14). The van der Waals surface area contributed by atoms with Crippen LogP contribution in [0, 0.1) is 11.8 Å². The molecule has 0 saturated carbocycles. The van der Waals surface area contributed by atoms with Gasteiger partial charge in [0.25, 0.3) is 5.91 Å². The Morgan fingerprint density at radius 3 is 3.00 bits per heavy atom. The fourth-order valence-electron chi connectivity index (χ4n) is 1.32. The Morgan fingerprint density at radius 1 is 1.36 bits per heavy atom. The fraction of sp³-hybridized carbons (Fsp3) is 0. The van der Waals surface area contributed by atoms with Gasteiger partial charge in [-0.15, -0.1) is 0 Å². The van der Waals surface area contributed by atoms with Gasteiger partial charge >= 0.3 is 0 Å². The van der Waals surface area contributed by atoms with E-state index in [1.54, 1.807) is 0 Å². The predicted octanol–water partition coefficient (Wildman–Crippen LogP) is 1.00. The molecule has 0 radical (unpaired) electrons. The third kappa shape index (κ3) is 1.46. The molecule has 0 unspecified atom stereocenters. The van der Waals surface area contributed by atoms with Gasteiger partial charge in [0.05, 0.1) is 5.52 Å². The van der Waals surface area contributed by atoms with Gasteiger partial charge in [-0.3, -0.25) is 4.79 Å². The first kappa shape index (κ1) is 8.39. The molecule has 1 aromatic heterocycles. The number of para-hydroxylation sites is 1. The first-order valence-corrected chi connectivity index (χ1v) is 4.15. The minimum Gasteiger partial charge on any atom is -0.360 e. The molecule has 0 aliphatic carbocycles. The summed E-state index contributed by atoms with van der Waals surface area (Å²) >= 11 is 0.